The number of piperazine rings is 1. The Morgan fingerprint density at radius 2 is 1.75 bits per heavy atom. The molecule has 9 heteroatoms. The molecule has 1 aliphatic carbocycles. The highest BCUT2D eigenvalue weighted by molar-refractivity contribution is 7.12. The van der Waals surface area contributed by atoms with Crippen molar-refractivity contribution in [3.8, 4) is 0 Å². The van der Waals surface area contributed by atoms with Crippen LogP contribution in [0.15, 0.2) is 41.8 Å². The molecule has 0 radical (unpaired) electrons. The first-order chi connectivity index (χ1) is 15.5. The SMILES string of the molecule is O=C(CN1C(=O)N[C@]2(CCCc3ccccc32)C1=O)N1CCN(C(=O)c2cccs2)CC1. The molecule has 0 saturated carbocycles. The van der Waals surface area contributed by atoms with Gasteiger partial charge in [0, 0.05) is 26.2 Å². The van der Waals surface area contributed by atoms with Crippen LogP contribution in [0.1, 0.15) is 33.6 Å². The van der Waals surface area contributed by atoms with Gasteiger partial charge in [0.15, 0.2) is 0 Å². The van der Waals surface area contributed by atoms with Crippen LogP contribution in [0.5, 0.6) is 0 Å². The normalized spacial score (nSPS) is 22.8. The van der Waals surface area contributed by atoms with Gasteiger partial charge >= 0.3 is 6.03 Å². The van der Waals surface area contributed by atoms with E-state index in [1.165, 1.54) is 11.3 Å². The molecular weight excluding hydrogens is 428 g/mol. The smallest absolute Gasteiger partial charge is 0.325 e. The lowest BCUT2D eigenvalue weighted by molar-refractivity contribution is -0.140. The van der Waals surface area contributed by atoms with Crippen molar-refractivity contribution in [1.82, 2.24) is 20.0 Å². The highest BCUT2D eigenvalue weighted by Crippen LogP contribution is 2.39. The number of benzene rings is 1. The number of nitrogens with one attached hydrogen (secondary N) is 1. The number of imide groups is 1. The van der Waals surface area contributed by atoms with Crippen LogP contribution in [0.25, 0.3) is 0 Å². The Kier molecular flexibility index (Phi) is 5.21. The van der Waals surface area contributed by atoms with Crippen LogP contribution in [0, 0.1) is 0 Å². The van der Waals surface area contributed by atoms with Crippen LogP contribution in [-0.2, 0) is 21.5 Å². The van der Waals surface area contributed by atoms with Gasteiger partial charge in [0.05, 0.1) is 4.88 Å². The summed E-state index contributed by atoms with van der Waals surface area (Å²) in [6, 6.07) is 10.8. The molecule has 1 spiro atoms. The average molecular weight is 453 g/mol. The number of fused-ring (bicyclic) bond motifs is 2. The monoisotopic (exact) mass is 452 g/mol. The molecule has 8 nitrogen and oxygen atoms in total. The molecule has 32 heavy (non-hydrogen) atoms. The zero-order valence-corrected chi connectivity index (χ0v) is 18.4. The fourth-order valence-electron chi connectivity index (χ4n) is 4.91. The lowest BCUT2D eigenvalue weighted by atomic mass is 9.76. The quantitative estimate of drug-likeness (QED) is 0.720. The van der Waals surface area contributed by atoms with Crippen LogP contribution in [0.3, 0.4) is 0 Å². The number of carbonyl (C=O) groups is 4. The summed E-state index contributed by atoms with van der Waals surface area (Å²) in [7, 11) is 0. The summed E-state index contributed by atoms with van der Waals surface area (Å²) in [6.07, 6.45) is 2.20. The van der Waals surface area contributed by atoms with E-state index in [-0.39, 0.29) is 24.3 Å². The van der Waals surface area contributed by atoms with Gasteiger partial charge in [-0.25, -0.2) is 4.79 Å². The molecule has 2 saturated heterocycles. The van der Waals surface area contributed by atoms with Gasteiger partial charge in [-0.1, -0.05) is 30.3 Å². The second kappa shape index (κ2) is 8.05. The van der Waals surface area contributed by atoms with Crippen LogP contribution >= 0.6 is 11.3 Å². The molecule has 2 fully saturated rings. The summed E-state index contributed by atoms with van der Waals surface area (Å²) in [4.78, 5) is 56.6. The second-order valence-electron chi connectivity index (χ2n) is 8.39. The van der Waals surface area contributed by atoms with E-state index in [9.17, 15) is 19.2 Å². The topological polar surface area (TPSA) is 90.0 Å². The summed E-state index contributed by atoms with van der Waals surface area (Å²) in [6.45, 7) is 1.34. The van der Waals surface area contributed by atoms with Crippen LogP contribution < -0.4 is 5.32 Å². The molecule has 2 aliphatic heterocycles. The van der Waals surface area contributed by atoms with Gasteiger partial charge in [-0.15, -0.1) is 11.3 Å². The van der Waals surface area contributed by atoms with Crippen molar-refractivity contribution in [2.24, 2.45) is 0 Å². The maximum absolute atomic E-state index is 13.4. The number of nitrogens with zero attached hydrogens (tertiary/aromatic N) is 3. The lowest BCUT2D eigenvalue weighted by Crippen LogP contribution is -2.53. The van der Waals surface area contributed by atoms with Gasteiger partial charge in [-0.2, -0.15) is 0 Å². The molecule has 1 atom stereocenters. The Labute approximate surface area is 189 Å². The van der Waals surface area contributed by atoms with E-state index in [0.717, 1.165) is 28.9 Å². The minimum Gasteiger partial charge on any atom is -0.338 e. The largest absolute Gasteiger partial charge is 0.338 e. The fraction of sp³-hybridized carbons (Fsp3) is 0.391. The van der Waals surface area contributed by atoms with Gasteiger partial charge < -0.3 is 15.1 Å². The van der Waals surface area contributed by atoms with E-state index in [1.807, 2.05) is 35.7 Å². The zero-order chi connectivity index (χ0) is 22.3. The maximum Gasteiger partial charge on any atom is 0.325 e. The average Bonchev–Trinajstić information content (AvgIpc) is 3.43. The van der Waals surface area contributed by atoms with Crippen molar-refractivity contribution in [3.05, 3.63) is 57.8 Å². The molecule has 1 aromatic heterocycles. The number of hydrogen-bond donors (Lipinski definition) is 1. The number of hydrogen-bond acceptors (Lipinski definition) is 5. The predicted octanol–water partition coefficient (Wildman–Crippen LogP) is 1.82. The van der Waals surface area contributed by atoms with E-state index in [1.54, 1.807) is 15.9 Å². The zero-order valence-electron chi connectivity index (χ0n) is 17.6. The van der Waals surface area contributed by atoms with Gasteiger partial charge in [-0.05, 0) is 41.8 Å². The number of amides is 5. The number of aryl methyl sites for hydroxylation is 1. The third-order valence-corrected chi connectivity index (χ3v) is 7.45. The molecule has 3 aliphatic rings. The maximum atomic E-state index is 13.4. The van der Waals surface area contributed by atoms with E-state index in [4.69, 9.17) is 0 Å². The first kappa shape index (κ1) is 20.7. The third-order valence-electron chi connectivity index (χ3n) is 6.60. The summed E-state index contributed by atoms with van der Waals surface area (Å²) in [5.41, 5.74) is 0.824. The van der Waals surface area contributed by atoms with Crippen molar-refractivity contribution in [3.63, 3.8) is 0 Å². The first-order valence-corrected chi connectivity index (χ1v) is 11.7. The summed E-state index contributed by atoms with van der Waals surface area (Å²) < 4.78 is 0. The number of rotatable bonds is 3. The highest BCUT2D eigenvalue weighted by atomic mass is 32.1. The van der Waals surface area contributed by atoms with Crippen molar-refractivity contribution in [2.45, 2.75) is 24.8 Å². The van der Waals surface area contributed by atoms with Gasteiger partial charge in [-0.3, -0.25) is 19.3 Å². The summed E-state index contributed by atoms with van der Waals surface area (Å²) in [5.74, 6) is -0.661. The summed E-state index contributed by atoms with van der Waals surface area (Å²) in [5, 5.41) is 4.75. The molecule has 5 amide bonds. The van der Waals surface area contributed by atoms with Crippen molar-refractivity contribution < 1.29 is 19.2 Å². The Balaban J connectivity index is 1.25. The molecule has 1 N–H and O–H groups in total. The Morgan fingerprint density at radius 1 is 1.00 bits per heavy atom. The van der Waals surface area contributed by atoms with Crippen molar-refractivity contribution in [2.75, 3.05) is 32.7 Å². The second-order valence-corrected chi connectivity index (χ2v) is 9.34. The Hall–Kier alpha value is -3.20. The van der Waals surface area contributed by atoms with E-state index < -0.39 is 11.6 Å². The molecule has 0 bridgehead atoms. The minimum atomic E-state index is -1.07. The van der Waals surface area contributed by atoms with Gasteiger partial charge in [0.25, 0.3) is 11.8 Å². The summed E-state index contributed by atoms with van der Waals surface area (Å²) >= 11 is 1.40. The molecular formula is C23H24N4O4S. The first-order valence-electron chi connectivity index (χ1n) is 10.8. The molecule has 166 valence electrons. The van der Waals surface area contributed by atoms with E-state index in [0.29, 0.717) is 37.5 Å². The lowest BCUT2D eigenvalue weighted by Gasteiger charge is -2.35. The van der Waals surface area contributed by atoms with E-state index >= 15 is 0 Å². The standard InChI is InChI=1S/C23H24N4O4S/c28-19(25-10-12-26(13-11-25)20(29)18-8-4-14-32-18)15-27-21(30)23(24-22(27)31)9-3-6-16-5-1-2-7-17(16)23/h1-2,4-5,7-8,14H,3,6,9-13,15H2,(H,24,31)/t23-/m0/s1. The van der Waals surface area contributed by atoms with Crippen LogP contribution in [0.4, 0.5) is 4.79 Å². The Morgan fingerprint density at radius 3 is 2.50 bits per heavy atom. The number of carbonyl (C=O) groups excluding carboxylic acids is 4. The van der Waals surface area contributed by atoms with Gasteiger partial charge in [0.1, 0.15) is 12.1 Å². The number of thiophene rings is 1. The molecule has 3 heterocycles. The van der Waals surface area contributed by atoms with Crippen LogP contribution in [0.2, 0.25) is 0 Å². The Bertz CT molecular complexity index is 1080. The number of urea groups is 1. The van der Waals surface area contributed by atoms with Crippen molar-refractivity contribution in [1.29, 1.82) is 0 Å². The minimum absolute atomic E-state index is 0.0286. The molecule has 1 aromatic carbocycles. The van der Waals surface area contributed by atoms with Crippen LogP contribution in [-0.4, -0.2) is 71.2 Å². The fourth-order valence-corrected chi connectivity index (χ4v) is 5.60. The van der Waals surface area contributed by atoms with Crippen molar-refractivity contribution >= 4 is 35.1 Å². The van der Waals surface area contributed by atoms with E-state index in [2.05, 4.69) is 5.32 Å². The molecule has 2 aromatic rings. The molecule has 0 unspecified atom stereocenters. The predicted molar refractivity (Wildman–Crippen MR) is 118 cm³/mol. The van der Waals surface area contributed by atoms with Gasteiger partial charge in [0.2, 0.25) is 5.91 Å². The third kappa shape index (κ3) is 3.37. The molecule has 5 rings (SSSR count). The highest BCUT2D eigenvalue weighted by Gasteiger charge is 2.54.